The molecule has 1 unspecified atom stereocenters. The molecule has 1 heterocycles. The lowest BCUT2D eigenvalue weighted by molar-refractivity contribution is -0.144. The van der Waals surface area contributed by atoms with Crippen LogP contribution in [0.15, 0.2) is 24.3 Å². The van der Waals surface area contributed by atoms with Crippen molar-refractivity contribution < 1.29 is 19.4 Å². The SMILES string of the molecule is CCOc1ccccc1N1CCC(C(=O)O)C1=O. The van der Waals surface area contributed by atoms with Crippen molar-refractivity contribution >= 4 is 17.6 Å². The fourth-order valence-electron chi connectivity index (χ4n) is 2.11. The van der Waals surface area contributed by atoms with Crippen molar-refractivity contribution in [2.75, 3.05) is 18.1 Å². The van der Waals surface area contributed by atoms with Crippen LogP contribution in [-0.4, -0.2) is 30.1 Å². The summed E-state index contributed by atoms with van der Waals surface area (Å²) in [7, 11) is 0. The predicted octanol–water partition coefficient (Wildman–Crippen LogP) is 1.52. The molecule has 18 heavy (non-hydrogen) atoms. The first-order valence-electron chi connectivity index (χ1n) is 5.91. The van der Waals surface area contributed by atoms with Gasteiger partial charge >= 0.3 is 5.97 Å². The van der Waals surface area contributed by atoms with Crippen LogP contribution in [0.1, 0.15) is 13.3 Å². The average molecular weight is 249 g/mol. The molecule has 1 atom stereocenters. The van der Waals surface area contributed by atoms with Crippen molar-refractivity contribution in [2.24, 2.45) is 5.92 Å². The van der Waals surface area contributed by atoms with Gasteiger partial charge in [-0.25, -0.2) is 0 Å². The Balaban J connectivity index is 2.28. The van der Waals surface area contributed by atoms with E-state index in [0.717, 1.165) is 0 Å². The lowest BCUT2D eigenvalue weighted by atomic mass is 10.1. The highest BCUT2D eigenvalue weighted by Crippen LogP contribution is 2.33. The summed E-state index contributed by atoms with van der Waals surface area (Å²) in [6.45, 7) is 2.78. The van der Waals surface area contributed by atoms with Crippen LogP contribution in [0.25, 0.3) is 0 Å². The van der Waals surface area contributed by atoms with Gasteiger partial charge in [0.25, 0.3) is 0 Å². The predicted molar refractivity (Wildman–Crippen MR) is 65.7 cm³/mol. The first kappa shape index (κ1) is 12.4. The molecule has 5 heteroatoms. The number of amides is 1. The highest BCUT2D eigenvalue weighted by Gasteiger charge is 2.38. The smallest absolute Gasteiger partial charge is 0.316 e. The van der Waals surface area contributed by atoms with Gasteiger partial charge in [-0.15, -0.1) is 0 Å². The number of benzene rings is 1. The Morgan fingerprint density at radius 3 is 2.83 bits per heavy atom. The van der Waals surface area contributed by atoms with Gasteiger partial charge in [-0.05, 0) is 25.5 Å². The van der Waals surface area contributed by atoms with E-state index in [2.05, 4.69) is 0 Å². The number of carboxylic acid groups (broad SMARTS) is 1. The third kappa shape index (κ3) is 2.16. The molecule has 2 rings (SSSR count). The number of rotatable bonds is 4. The van der Waals surface area contributed by atoms with Crippen LogP contribution in [0.5, 0.6) is 5.75 Å². The van der Waals surface area contributed by atoms with Gasteiger partial charge < -0.3 is 14.7 Å². The standard InChI is InChI=1S/C13H15NO4/c1-2-18-11-6-4-3-5-10(11)14-8-7-9(12(14)15)13(16)17/h3-6,9H,2,7-8H2,1H3,(H,16,17). The zero-order chi connectivity index (χ0) is 13.1. The molecule has 1 amide bonds. The Hall–Kier alpha value is -2.04. The maximum atomic E-state index is 12.0. The quantitative estimate of drug-likeness (QED) is 0.822. The van der Waals surface area contributed by atoms with Gasteiger partial charge in [0.05, 0.1) is 12.3 Å². The summed E-state index contributed by atoms with van der Waals surface area (Å²) >= 11 is 0. The van der Waals surface area contributed by atoms with Gasteiger partial charge in [0.1, 0.15) is 11.7 Å². The lowest BCUT2D eigenvalue weighted by Crippen LogP contribution is -2.30. The minimum Gasteiger partial charge on any atom is -0.492 e. The van der Waals surface area contributed by atoms with Crippen molar-refractivity contribution in [3.8, 4) is 5.75 Å². The molecule has 96 valence electrons. The molecule has 1 saturated heterocycles. The topological polar surface area (TPSA) is 66.8 Å². The van der Waals surface area contributed by atoms with Crippen molar-refractivity contribution in [3.05, 3.63) is 24.3 Å². The van der Waals surface area contributed by atoms with E-state index in [0.29, 0.717) is 31.0 Å². The zero-order valence-electron chi connectivity index (χ0n) is 10.1. The molecule has 1 aliphatic rings. The van der Waals surface area contributed by atoms with Crippen molar-refractivity contribution in [1.29, 1.82) is 0 Å². The molecule has 0 saturated carbocycles. The van der Waals surface area contributed by atoms with Crippen molar-refractivity contribution in [1.82, 2.24) is 0 Å². The summed E-state index contributed by atoms with van der Waals surface area (Å²) in [5.41, 5.74) is 0.646. The van der Waals surface area contributed by atoms with Gasteiger partial charge in [0, 0.05) is 6.54 Å². The fourth-order valence-corrected chi connectivity index (χ4v) is 2.11. The average Bonchev–Trinajstić information content (AvgIpc) is 2.72. The van der Waals surface area contributed by atoms with Crippen LogP contribution < -0.4 is 9.64 Å². The fraction of sp³-hybridized carbons (Fsp3) is 0.385. The number of carboxylic acids is 1. The van der Waals surface area contributed by atoms with Gasteiger partial charge in [0.15, 0.2) is 0 Å². The summed E-state index contributed by atoms with van der Waals surface area (Å²) in [5.74, 6) is -1.75. The lowest BCUT2D eigenvalue weighted by Gasteiger charge is -2.19. The highest BCUT2D eigenvalue weighted by atomic mass is 16.5. The van der Waals surface area contributed by atoms with E-state index >= 15 is 0 Å². The number of aliphatic carboxylic acids is 1. The molecule has 5 nitrogen and oxygen atoms in total. The third-order valence-corrected chi connectivity index (χ3v) is 2.96. The molecule has 0 radical (unpaired) electrons. The molecular weight excluding hydrogens is 234 g/mol. The minimum atomic E-state index is -1.06. The van der Waals surface area contributed by atoms with Gasteiger partial charge in [-0.1, -0.05) is 12.1 Å². The number of carbonyl (C=O) groups excluding carboxylic acids is 1. The Morgan fingerprint density at radius 2 is 2.22 bits per heavy atom. The van der Waals surface area contributed by atoms with Crippen LogP contribution in [0.2, 0.25) is 0 Å². The van der Waals surface area contributed by atoms with Crippen LogP contribution in [0.4, 0.5) is 5.69 Å². The van der Waals surface area contributed by atoms with Gasteiger partial charge in [-0.3, -0.25) is 9.59 Å². The summed E-state index contributed by atoms with van der Waals surface area (Å²) < 4.78 is 5.45. The second-order valence-electron chi connectivity index (χ2n) is 4.07. The number of ether oxygens (including phenoxy) is 1. The highest BCUT2D eigenvalue weighted by molar-refractivity contribution is 6.08. The minimum absolute atomic E-state index is 0.342. The second kappa shape index (κ2) is 5.08. The largest absolute Gasteiger partial charge is 0.492 e. The van der Waals surface area contributed by atoms with Crippen LogP contribution >= 0.6 is 0 Å². The van der Waals surface area contributed by atoms with E-state index in [-0.39, 0.29) is 5.91 Å². The molecule has 1 aromatic rings. The molecule has 1 fully saturated rings. The molecule has 0 aliphatic carbocycles. The molecule has 1 aliphatic heterocycles. The van der Waals surface area contributed by atoms with Crippen LogP contribution in [-0.2, 0) is 9.59 Å². The van der Waals surface area contributed by atoms with Crippen LogP contribution in [0, 0.1) is 5.92 Å². The van der Waals surface area contributed by atoms with E-state index in [1.165, 1.54) is 4.90 Å². The summed E-state index contributed by atoms with van der Waals surface area (Å²) in [6, 6.07) is 7.18. The number of hydrogen-bond acceptors (Lipinski definition) is 3. The van der Waals surface area contributed by atoms with Crippen molar-refractivity contribution in [3.63, 3.8) is 0 Å². The summed E-state index contributed by atoms with van der Waals surface area (Å²) in [6.07, 6.45) is 0.342. The maximum absolute atomic E-state index is 12.0. The molecule has 1 N–H and O–H groups in total. The zero-order valence-corrected chi connectivity index (χ0v) is 10.1. The van der Waals surface area contributed by atoms with Gasteiger partial charge in [-0.2, -0.15) is 0 Å². The Kier molecular flexibility index (Phi) is 3.50. The second-order valence-corrected chi connectivity index (χ2v) is 4.07. The summed E-state index contributed by atoms with van der Waals surface area (Å²) in [4.78, 5) is 24.4. The van der Waals surface area contributed by atoms with E-state index < -0.39 is 11.9 Å². The maximum Gasteiger partial charge on any atom is 0.316 e. The third-order valence-electron chi connectivity index (χ3n) is 2.96. The molecule has 1 aromatic carbocycles. The van der Waals surface area contributed by atoms with Crippen molar-refractivity contribution in [2.45, 2.75) is 13.3 Å². The number of carbonyl (C=O) groups is 2. The van der Waals surface area contributed by atoms with E-state index in [4.69, 9.17) is 9.84 Å². The Morgan fingerprint density at radius 1 is 1.50 bits per heavy atom. The number of nitrogens with zero attached hydrogens (tertiary/aromatic N) is 1. The normalized spacial score (nSPS) is 19.1. The van der Waals surface area contributed by atoms with Crippen LogP contribution in [0.3, 0.4) is 0 Å². The Labute approximate surface area is 105 Å². The number of anilines is 1. The number of para-hydroxylation sites is 2. The molecule has 0 bridgehead atoms. The monoisotopic (exact) mass is 249 g/mol. The first-order chi connectivity index (χ1) is 8.65. The molecule has 0 aromatic heterocycles. The molecular formula is C13H15NO4. The number of hydrogen-bond donors (Lipinski definition) is 1. The van der Waals surface area contributed by atoms with E-state index in [1.807, 2.05) is 13.0 Å². The van der Waals surface area contributed by atoms with E-state index in [9.17, 15) is 9.59 Å². The molecule has 0 spiro atoms. The van der Waals surface area contributed by atoms with Gasteiger partial charge in [0.2, 0.25) is 5.91 Å². The Bertz CT molecular complexity index is 472. The first-order valence-corrected chi connectivity index (χ1v) is 5.91. The summed E-state index contributed by atoms with van der Waals surface area (Å²) in [5, 5.41) is 8.94. The van der Waals surface area contributed by atoms with E-state index in [1.54, 1.807) is 18.2 Å².